The van der Waals surface area contributed by atoms with Crippen LogP contribution in [-0.2, 0) is 6.18 Å². The molecule has 0 aliphatic carbocycles. The van der Waals surface area contributed by atoms with Crippen LogP contribution in [-0.4, -0.2) is 5.16 Å². The summed E-state index contributed by atoms with van der Waals surface area (Å²) in [6, 6.07) is 2.65. The molecule has 2 N–H and O–H groups in total. The Labute approximate surface area is 112 Å². The normalized spacial score (nSPS) is 12.2. The van der Waals surface area contributed by atoms with Gasteiger partial charge in [0.1, 0.15) is 5.82 Å². The van der Waals surface area contributed by atoms with Crippen LogP contribution in [0.2, 0.25) is 0 Å². The summed E-state index contributed by atoms with van der Waals surface area (Å²) in [4.78, 5) is 0. The third kappa shape index (κ3) is 2.48. The minimum atomic E-state index is -4.77. The summed E-state index contributed by atoms with van der Waals surface area (Å²) < 4.78 is 56.3. The number of hydrogen-bond donors (Lipinski definition) is 1. The van der Waals surface area contributed by atoms with Crippen LogP contribution in [0.15, 0.2) is 22.7 Å². The van der Waals surface area contributed by atoms with E-state index in [4.69, 9.17) is 10.3 Å². The molecule has 0 unspecified atom stereocenters. The lowest BCUT2D eigenvalue weighted by molar-refractivity contribution is -0.139. The maximum absolute atomic E-state index is 13.3. The molecule has 0 amide bonds. The van der Waals surface area contributed by atoms with Gasteiger partial charge in [-0.2, -0.15) is 13.2 Å². The van der Waals surface area contributed by atoms with Crippen molar-refractivity contribution in [2.45, 2.75) is 25.9 Å². The van der Waals surface area contributed by atoms with Crippen LogP contribution in [0.4, 0.5) is 23.4 Å². The molecule has 0 spiro atoms. The topological polar surface area (TPSA) is 52.0 Å². The van der Waals surface area contributed by atoms with Gasteiger partial charge in [0.2, 0.25) is 0 Å². The first-order chi connectivity index (χ1) is 9.21. The number of nitrogens with zero attached hydrogens (tertiary/aromatic N) is 1. The summed E-state index contributed by atoms with van der Waals surface area (Å²) in [7, 11) is 0. The van der Waals surface area contributed by atoms with Crippen LogP contribution in [0.1, 0.15) is 30.9 Å². The van der Waals surface area contributed by atoms with Crippen LogP contribution >= 0.6 is 0 Å². The van der Waals surface area contributed by atoms with E-state index in [-0.39, 0.29) is 23.1 Å². The van der Waals surface area contributed by atoms with Gasteiger partial charge in [-0.15, -0.1) is 0 Å². The first kappa shape index (κ1) is 14.4. The monoisotopic (exact) mass is 288 g/mol. The zero-order valence-corrected chi connectivity index (χ0v) is 10.8. The molecule has 0 radical (unpaired) electrons. The van der Waals surface area contributed by atoms with Crippen LogP contribution in [0.25, 0.3) is 11.3 Å². The maximum Gasteiger partial charge on any atom is 0.419 e. The van der Waals surface area contributed by atoms with E-state index in [1.54, 1.807) is 13.8 Å². The second kappa shape index (κ2) is 4.81. The molecule has 0 fully saturated rings. The number of rotatable bonds is 2. The fourth-order valence-corrected chi connectivity index (χ4v) is 1.96. The first-order valence-electron chi connectivity index (χ1n) is 5.84. The van der Waals surface area contributed by atoms with Gasteiger partial charge < -0.3 is 10.3 Å². The fourth-order valence-electron chi connectivity index (χ4n) is 1.96. The average molecular weight is 288 g/mol. The largest absolute Gasteiger partial charge is 0.419 e. The van der Waals surface area contributed by atoms with Crippen molar-refractivity contribution in [2.75, 3.05) is 5.73 Å². The lowest BCUT2D eigenvalue weighted by atomic mass is 9.98. The van der Waals surface area contributed by atoms with E-state index < -0.39 is 17.6 Å². The Morgan fingerprint density at radius 1 is 1.25 bits per heavy atom. The Bertz CT molecular complexity index is 632. The molecule has 0 aliphatic rings. The molecule has 7 heteroatoms. The lowest BCUT2D eigenvalue weighted by Crippen LogP contribution is -2.08. The second-order valence-electron chi connectivity index (χ2n) is 4.66. The van der Waals surface area contributed by atoms with E-state index in [9.17, 15) is 17.6 Å². The van der Waals surface area contributed by atoms with Crippen molar-refractivity contribution in [2.24, 2.45) is 0 Å². The highest BCUT2D eigenvalue weighted by molar-refractivity contribution is 5.67. The van der Waals surface area contributed by atoms with Gasteiger partial charge in [0.25, 0.3) is 0 Å². The molecule has 108 valence electrons. The number of nitrogens with two attached hydrogens (primary N) is 1. The minimum Gasteiger partial charge on any atom is -0.381 e. The predicted molar refractivity (Wildman–Crippen MR) is 65.4 cm³/mol. The van der Waals surface area contributed by atoms with Gasteiger partial charge in [0.05, 0.1) is 5.56 Å². The number of alkyl halides is 3. The van der Waals surface area contributed by atoms with Crippen LogP contribution in [0, 0.1) is 5.82 Å². The second-order valence-corrected chi connectivity index (χ2v) is 4.66. The van der Waals surface area contributed by atoms with Crippen LogP contribution < -0.4 is 5.73 Å². The van der Waals surface area contributed by atoms with E-state index in [0.29, 0.717) is 11.6 Å². The van der Waals surface area contributed by atoms with Gasteiger partial charge in [-0.1, -0.05) is 19.0 Å². The lowest BCUT2D eigenvalue weighted by Gasteiger charge is -2.10. The zero-order chi connectivity index (χ0) is 15.1. The summed E-state index contributed by atoms with van der Waals surface area (Å²) in [5.74, 6) is -1.17. The van der Waals surface area contributed by atoms with Crippen molar-refractivity contribution in [3.8, 4) is 11.3 Å². The Morgan fingerprint density at radius 2 is 1.90 bits per heavy atom. The van der Waals surface area contributed by atoms with Gasteiger partial charge in [0, 0.05) is 11.1 Å². The third-order valence-corrected chi connectivity index (χ3v) is 2.87. The fraction of sp³-hybridized carbons (Fsp3) is 0.308. The number of halogens is 4. The van der Waals surface area contributed by atoms with Gasteiger partial charge in [-0.05, 0) is 24.1 Å². The van der Waals surface area contributed by atoms with Crippen molar-refractivity contribution >= 4 is 5.82 Å². The zero-order valence-electron chi connectivity index (χ0n) is 10.8. The average Bonchev–Trinajstić information content (AvgIpc) is 2.70. The third-order valence-electron chi connectivity index (χ3n) is 2.87. The summed E-state index contributed by atoms with van der Waals surface area (Å²) in [6.45, 7) is 3.61. The van der Waals surface area contributed by atoms with E-state index >= 15 is 0 Å². The molecule has 0 bridgehead atoms. The highest BCUT2D eigenvalue weighted by Gasteiger charge is 2.35. The highest BCUT2D eigenvalue weighted by atomic mass is 19.4. The van der Waals surface area contributed by atoms with E-state index in [2.05, 4.69) is 5.16 Å². The molecule has 20 heavy (non-hydrogen) atoms. The smallest absolute Gasteiger partial charge is 0.381 e. The molecule has 1 aromatic carbocycles. The molecule has 1 aromatic heterocycles. The van der Waals surface area contributed by atoms with Crippen LogP contribution in [0.3, 0.4) is 0 Å². The standard InChI is InChI=1S/C13H12F4N2O/c1-6(2)10-11(20-19-12(10)18)7-3-4-9(14)8(5-7)13(15,16)17/h3-6H,1-2H3,(H2,18,19). The molecule has 0 aliphatic heterocycles. The molecule has 3 nitrogen and oxygen atoms in total. The maximum atomic E-state index is 13.3. The molecular formula is C13H12F4N2O. The SMILES string of the molecule is CC(C)c1c(N)noc1-c1ccc(F)c(C(F)(F)F)c1. The van der Waals surface area contributed by atoms with Crippen molar-refractivity contribution in [1.82, 2.24) is 5.16 Å². The Morgan fingerprint density at radius 3 is 2.45 bits per heavy atom. The number of nitrogen functional groups attached to an aromatic ring is 1. The van der Waals surface area contributed by atoms with Crippen LogP contribution in [0.5, 0.6) is 0 Å². The van der Waals surface area contributed by atoms with Crippen molar-refractivity contribution < 1.29 is 22.1 Å². The summed E-state index contributed by atoms with van der Waals surface area (Å²) >= 11 is 0. The number of anilines is 1. The summed E-state index contributed by atoms with van der Waals surface area (Å²) in [5.41, 5.74) is 4.88. The van der Waals surface area contributed by atoms with Gasteiger partial charge in [-0.3, -0.25) is 0 Å². The van der Waals surface area contributed by atoms with E-state index in [0.717, 1.165) is 6.07 Å². The Kier molecular flexibility index (Phi) is 3.45. The first-order valence-corrected chi connectivity index (χ1v) is 5.84. The predicted octanol–water partition coefficient (Wildman–Crippen LogP) is 4.21. The van der Waals surface area contributed by atoms with Gasteiger partial charge >= 0.3 is 6.18 Å². The molecule has 1 heterocycles. The number of aromatic nitrogens is 1. The summed E-state index contributed by atoms with van der Waals surface area (Å²) in [5, 5.41) is 3.56. The summed E-state index contributed by atoms with van der Waals surface area (Å²) in [6.07, 6.45) is -4.77. The molecule has 0 saturated heterocycles. The Hall–Kier alpha value is -2.05. The molecule has 0 atom stereocenters. The van der Waals surface area contributed by atoms with Crippen molar-refractivity contribution in [3.63, 3.8) is 0 Å². The molecule has 2 aromatic rings. The Balaban J connectivity index is 2.60. The molecular weight excluding hydrogens is 276 g/mol. The highest BCUT2D eigenvalue weighted by Crippen LogP contribution is 2.37. The van der Waals surface area contributed by atoms with Gasteiger partial charge in [-0.25, -0.2) is 4.39 Å². The van der Waals surface area contributed by atoms with E-state index in [1.807, 2.05) is 0 Å². The van der Waals surface area contributed by atoms with Crippen molar-refractivity contribution in [3.05, 3.63) is 35.1 Å². The van der Waals surface area contributed by atoms with Gasteiger partial charge in [0.15, 0.2) is 11.6 Å². The number of benzene rings is 1. The molecule has 0 saturated carbocycles. The van der Waals surface area contributed by atoms with E-state index in [1.165, 1.54) is 6.07 Å². The van der Waals surface area contributed by atoms with Crippen molar-refractivity contribution in [1.29, 1.82) is 0 Å². The molecule has 2 rings (SSSR count). The number of hydrogen-bond acceptors (Lipinski definition) is 3. The minimum absolute atomic E-state index is 0.0874. The quantitative estimate of drug-likeness (QED) is 0.842.